The summed E-state index contributed by atoms with van der Waals surface area (Å²) in [7, 11) is 0. The minimum Gasteiger partial charge on any atom is -0.327 e. The van der Waals surface area contributed by atoms with Gasteiger partial charge in [-0.25, -0.2) is 0 Å². The maximum absolute atomic E-state index is 12.8. The van der Waals surface area contributed by atoms with Crippen molar-refractivity contribution < 1.29 is 9.59 Å². The summed E-state index contributed by atoms with van der Waals surface area (Å²) >= 11 is 6.08. The van der Waals surface area contributed by atoms with Crippen LogP contribution in [0, 0.1) is 0 Å². The van der Waals surface area contributed by atoms with Crippen molar-refractivity contribution in [3.63, 3.8) is 0 Å². The van der Waals surface area contributed by atoms with Gasteiger partial charge in [0.25, 0.3) is 5.91 Å². The average Bonchev–Trinajstić information content (AvgIpc) is 2.98. The highest BCUT2D eigenvalue weighted by atomic mass is 35.5. The molecule has 0 aliphatic carbocycles. The van der Waals surface area contributed by atoms with Gasteiger partial charge in [0.15, 0.2) is 0 Å². The molecule has 0 saturated carbocycles. The van der Waals surface area contributed by atoms with Crippen LogP contribution in [0.25, 0.3) is 0 Å². The Morgan fingerprint density at radius 2 is 2.08 bits per heavy atom. The van der Waals surface area contributed by atoms with E-state index in [1.165, 1.54) is 12.4 Å². The lowest BCUT2D eigenvalue weighted by atomic mass is 10.1. The minimum absolute atomic E-state index is 0.0541. The summed E-state index contributed by atoms with van der Waals surface area (Å²) in [5.74, 6) is -0.292. The normalized spacial score (nSPS) is 17.2. The number of halogens is 1. The first-order valence-electron chi connectivity index (χ1n) is 7.90. The minimum atomic E-state index is -0.466. The second-order valence-electron chi connectivity index (χ2n) is 5.58. The maximum atomic E-state index is 12.8. The molecular formula is C18H18ClN3O2. The third kappa shape index (κ3) is 2.99. The Balaban J connectivity index is 1.83. The highest BCUT2D eigenvalue weighted by molar-refractivity contribution is 6.33. The molecular weight excluding hydrogens is 326 g/mol. The van der Waals surface area contributed by atoms with E-state index in [0.29, 0.717) is 30.1 Å². The second-order valence-corrected chi connectivity index (χ2v) is 5.98. The number of hydrogen-bond acceptors (Lipinski definition) is 3. The zero-order chi connectivity index (χ0) is 17.1. The van der Waals surface area contributed by atoms with Gasteiger partial charge >= 0.3 is 0 Å². The summed E-state index contributed by atoms with van der Waals surface area (Å²) in [5.41, 5.74) is 1.23. The van der Waals surface area contributed by atoms with Gasteiger partial charge < -0.3 is 9.80 Å². The molecule has 2 amide bonds. The van der Waals surface area contributed by atoms with Gasteiger partial charge in [-0.3, -0.25) is 14.6 Å². The van der Waals surface area contributed by atoms with Crippen LogP contribution in [0.1, 0.15) is 23.7 Å². The molecule has 1 aliphatic heterocycles. The van der Waals surface area contributed by atoms with Crippen molar-refractivity contribution in [1.82, 2.24) is 9.88 Å². The average molecular weight is 344 g/mol. The number of para-hydroxylation sites is 1. The number of pyridine rings is 1. The lowest BCUT2D eigenvalue weighted by Crippen LogP contribution is -2.45. The van der Waals surface area contributed by atoms with Crippen LogP contribution in [-0.4, -0.2) is 40.8 Å². The van der Waals surface area contributed by atoms with Crippen molar-refractivity contribution in [2.75, 3.05) is 18.0 Å². The van der Waals surface area contributed by atoms with Crippen molar-refractivity contribution in [1.29, 1.82) is 0 Å². The van der Waals surface area contributed by atoms with E-state index in [-0.39, 0.29) is 11.8 Å². The summed E-state index contributed by atoms with van der Waals surface area (Å²) in [5, 5.41) is 0.298. The molecule has 0 radical (unpaired) electrons. The number of anilines is 1. The maximum Gasteiger partial charge on any atom is 0.256 e. The fourth-order valence-electron chi connectivity index (χ4n) is 3.03. The molecule has 1 aromatic heterocycles. The summed E-state index contributed by atoms with van der Waals surface area (Å²) in [6, 6.07) is 10.6. The Morgan fingerprint density at radius 3 is 2.75 bits per heavy atom. The van der Waals surface area contributed by atoms with Gasteiger partial charge in [0.05, 0.1) is 10.6 Å². The van der Waals surface area contributed by atoms with Gasteiger partial charge in [-0.05, 0) is 31.5 Å². The SMILES string of the molecule is CCN(C(=O)c1ccncc1Cl)[C@@H]1CCN(c2ccccc2)C1=O. The second kappa shape index (κ2) is 7.01. The van der Waals surface area contributed by atoms with Gasteiger partial charge in [0, 0.05) is 31.2 Å². The molecule has 0 N–H and O–H groups in total. The van der Waals surface area contributed by atoms with Crippen LogP contribution in [0.4, 0.5) is 5.69 Å². The van der Waals surface area contributed by atoms with E-state index >= 15 is 0 Å². The molecule has 0 unspecified atom stereocenters. The van der Waals surface area contributed by atoms with Gasteiger partial charge in [0.1, 0.15) is 6.04 Å². The fourth-order valence-corrected chi connectivity index (χ4v) is 3.23. The number of amides is 2. The van der Waals surface area contributed by atoms with Gasteiger partial charge in [-0.2, -0.15) is 0 Å². The van der Waals surface area contributed by atoms with Crippen molar-refractivity contribution in [2.45, 2.75) is 19.4 Å². The molecule has 1 saturated heterocycles. The van der Waals surface area contributed by atoms with Crippen LogP contribution in [0.5, 0.6) is 0 Å². The molecule has 1 fully saturated rings. The summed E-state index contributed by atoms with van der Waals surface area (Å²) < 4.78 is 0. The standard InChI is InChI=1S/C18H18ClN3O2/c1-2-21(17(23)14-8-10-20-12-15(14)19)16-9-11-22(18(16)24)13-6-4-3-5-7-13/h3-8,10,12,16H,2,9,11H2,1H3/t16-/m1/s1. The van der Waals surface area contributed by atoms with Crippen molar-refractivity contribution >= 4 is 29.1 Å². The molecule has 2 heterocycles. The van der Waals surface area contributed by atoms with E-state index in [2.05, 4.69) is 4.98 Å². The first-order chi connectivity index (χ1) is 11.6. The van der Waals surface area contributed by atoms with Crippen LogP contribution in [0.15, 0.2) is 48.8 Å². The molecule has 5 nitrogen and oxygen atoms in total. The van der Waals surface area contributed by atoms with Crippen LogP contribution in [-0.2, 0) is 4.79 Å². The molecule has 3 rings (SSSR count). The predicted molar refractivity (Wildman–Crippen MR) is 93.2 cm³/mol. The van der Waals surface area contributed by atoms with Crippen molar-refractivity contribution in [2.24, 2.45) is 0 Å². The Hall–Kier alpha value is -2.40. The number of hydrogen-bond donors (Lipinski definition) is 0. The first-order valence-corrected chi connectivity index (χ1v) is 8.28. The number of likely N-dealkylation sites (N-methyl/N-ethyl adjacent to an activating group) is 1. The van der Waals surface area contributed by atoms with Crippen LogP contribution >= 0.6 is 11.6 Å². The molecule has 1 aromatic carbocycles. The summed E-state index contributed by atoms with van der Waals surface area (Å²) in [4.78, 5) is 32.8. The van der Waals surface area contributed by atoms with Crippen LogP contribution in [0.3, 0.4) is 0 Å². The number of rotatable bonds is 4. The Labute approximate surface area is 145 Å². The van der Waals surface area contributed by atoms with E-state index in [0.717, 1.165) is 5.69 Å². The zero-order valence-corrected chi connectivity index (χ0v) is 14.1. The molecule has 124 valence electrons. The van der Waals surface area contributed by atoms with Crippen LogP contribution in [0.2, 0.25) is 5.02 Å². The number of aromatic nitrogens is 1. The predicted octanol–water partition coefficient (Wildman–Crippen LogP) is 3.00. The highest BCUT2D eigenvalue weighted by Gasteiger charge is 2.38. The van der Waals surface area contributed by atoms with Gasteiger partial charge in [-0.1, -0.05) is 29.8 Å². The van der Waals surface area contributed by atoms with Crippen molar-refractivity contribution in [3.05, 3.63) is 59.4 Å². The molecule has 1 aliphatic rings. The summed E-state index contributed by atoms with van der Waals surface area (Å²) in [6.45, 7) is 2.91. The third-order valence-corrected chi connectivity index (χ3v) is 4.53. The lowest BCUT2D eigenvalue weighted by molar-refractivity contribution is -0.120. The zero-order valence-electron chi connectivity index (χ0n) is 13.4. The smallest absolute Gasteiger partial charge is 0.256 e. The first kappa shape index (κ1) is 16.5. The topological polar surface area (TPSA) is 53.5 Å². The molecule has 0 spiro atoms. The van der Waals surface area contributed by atoms with E-state index in [9.17, 15) is 9.59 Å². The highest BCUT2D eigenvalue weighted by Crippen LogP contribution is 2.26. The largest absolute Gasteiger partial charge is 0.327 e. The van der Waals surface area contributed by atoms with Crippen LogP contribution < -0.4 is 4.90 Å². The van der Waals surface area contributed by atoms with E-state index < -0.39 is 6.04 Å². The van der Waals surface area contributed by atoms with E-state index in [4.69, 9.17) is 11.6 Å². The number of nitrogens with zero attached hydrogens (tertiary/aromatic N) is 3. The Morgan fingerprint density at radius 1 is 1.33 bits per heavy atom. The number of benzene rings is 1. The molecule has 2 aromatic rings. The fraction of sp³-hybridized carbons (Fsp3) is 0.278. The molecule has 6 heteroatoms. The molecule has 0 bridgehead atoms. The summed E-state index contributed by atoms with van der Waals surface area (Å²) in [6.07, 6.45) is 3.57. The lowest BCUT2D eigenvalue weighted by Gasteiger charge is -2.27. The monoisotopic (exact) mass is 343 g/mol. The quantitative estimate of drug-likeness (QED) is 0.857. The van der Waals surface area contributed by atoms with Gasteiger partial charge in [0.2, 0.25) is 5.91 Å². The van der Waals surface area contributed by atoms with E-state index in [1.807, 2.05) is 37.3 Å². The van der Waals surface area contributed by atoms with Gasteiger partial charge in [-0.15, -0.1) is 0 Å². The number of carbonyl (C=O) groups excluding carboxylic acids is 2. The third-order valence-electron chi connectivity index (χ3n) is 4.23. The Bertz CT molecular complexity index is 751. The van der Waals surface area contributed by atoms with Crippen molar-refractivity contribution in [3.8, 4) is 0 Å². The Kier molecular flexibility index (Phi) is 4.81. The molecule has 1 atom stereocenters. The molecule has 24 heavy (non-hydrogen) atoms. The van der Waals surface area contributed by atoms with E-state index in [1.54, 1.807) is 15.9 Å². The number of carbonyl (C=O) groups is 2.